The monoisotopic (exact) mass is 290 g/mol. The normalized spacial score (nSPS) is 29.9. The Bertz CT molecular complexity index is 523. The van der Waals surface area contributed by atoms with Gasteiger partial charge >= 0.3 is 0 Å². The highest BCUT2D eigenvalue weighted by atomic mass is 16.3. The summed E-state index contributed by atoms with van der Waals surface area (Å²) in [6.45, 7) is 2.85. The predicted molar refractivity (Wildman–Crippen MR) is 82.2 cm³/mol. The summed E-state index contributed by atoms with van der Waals surface area (Å²) in [5.41, 5.74) is 1.87. The maximum absolute atomic E-state index is 12.9. The lowest BCUT2D eigenvalue weighted by molar-refractivity contribution is 0.0208. The van der Waals surface area contributed by atoms with Crippen molar-refractivity contribution in [3.8, 4) is 0 Å². The van der Waals surface area contributed by atoms with Gasteiger partial charge < -0.3 is 14.6 Å². The van der Waals surface area contributed by atoms with E-state index in [1.54, 1.807) is 0 Å². The van der Waals surface area contributed by atoms with Crippen molar-refractivity contribution < 1.29 is 9.90 Å². The summed E-state index contributed by atoms with van der Waals surface area (Å²) in [6, 6.07) is 4.14. The summed E-state index contributed by atoms with van der Waals surface area (Å²) in [5, 5.41) is 10.3. The molecule has 116 valence electrons. The number of nitrogens with zero attached hydrogens (tertiary/aromatic N) is 2. The van der Waals surface area contributed by atoms with Crippen molar-refractivity contribution >= 4 is 5.91 Å². The van der Waals surface area contributed by atoms with Crippen LogP contribution >= 0.6 is 0 Å². The highest BCUT2D eigenvalue weighted by molar-refractivity contribution is 5.93. The highest BCUT2D eigenvalue weighted by Crippen LogP contribution is 2.35. The van der Waals surface area contributed by atoms with Crippen molar-refractivity contribution in [3.63, 3.8) is 0 Å². The molecule has 21 heavy (non-hydrogen) atoms. The van der Waals surface area contributed by atoms with Crippen molar-refractivity contribution in [3.05, 3.63) is 23.5 Å². The molecule has 1 N–H and O–H groups in total. The Labute approximate surface area is 126 Å². The van der Waals surface area contributed by atoms with Gasteiger partial charge in [-0.1, -0.05) is 12.8 Å². The van der Waals surface area contributed by atoms with Gasteiger partial charge in [-0.25, -0.2) is 0 Å². The topological polar surface area (TPSA) is 45.5 Å². The molecule has 2 fully saturated rings. The largest absolute Gasteiger partial charge is 0.393 e. The lowest BCUT2D eigenvalue weighted by atomic mass is 9.80. The molecule has 1 aromatic heterocycles. The Morgan fingerprint density at radius 1 is 1.19 bits per heavy atom. The molecule has 0 spiro atoms. The molecule has 3 unspecified atom stereocenters. The van der Waals surface area contributed by atoms with E-state index in [1.165, 1.54) is 6.42 Å². The molecular formula is C17H26N2O2. The second-order valence-corrected chi connectivity index (χ2v) is 6.64. The van der Waals surface area contributed by atoms with Crippen molar-refractivity contribution in [2.75, 3.05) is 6.54 Å². The van der Waals surface area contributed by atoms with Crippen LogP contribution in [0.15, 0.2) is 12.1 Å². The van der Waals surface area contributed by atoms with E-state index >= 15 is 0 Å². The van der Waals surface area contributed by atoms with E-state index in [2.05, 4.69) is 0 Å². The number of aliphatic hydroxyl groups is 1. The summed E-state index contributed by atoms with van der Waals surface area (Å²) in [5.74, 6) is 0.400. The average molecular weight is 290 g/mol. The second-order valence-electron chi connectivity index (χ2n) is 6.64. The zero-order valence-corrected chi connectivity index (χ0v) is 13.1. The van der Waals surface area contributed by atoms with Crippen molar-refractivity contribution in [1.29, 1.82) is 0 Å². The third-order valence-corrected chi connectivity index (χ3v) is 5.43. The van der Waals surface area contributed by atoms with Crippen molar-refractivity contribution in [1.82, 2.24) is 9.47 Å². The van der Waals surface area contributed by atoms with Gasteiger partial charge in [0.25, 0.3) is 5.91 Å². The van der Waals surface area contributed by atoms with Gasteiger partial charge in [-0.15, -0.1) is 0 Å². The number of hydrogen-bond acceptors (Lipinski definition) is 2. The van der Waals surface area contributed by atoms with Crippen LogP contribution in [0.5, 0.6) is 0 Å². The fourth-order valence-corrected chi connectivity index (χ4v) is 4.05. The lowest BCUT2D eigenvalue weighted by Gasteiger charge is -2.37. The zero-order valence-electron chi connectivity index (χ0n) is 13.1. The summed E-state index contributed by atoms with van der Waals surface area (Å²) < 4.78 is 1.97. The molecule has 1 aliphatic heterocycles. The number of hydrogen-bond donors (Lipinski definition) is 1. The quantitative estimate of drug-likeness (QED) is 0.909. The third-order valence-electron chi connectivity index (χ3n) is 5.43. The maximum Gasteiger partial charge on any atom is 0.270 e. The van der Waals surface area contributed by atoms with Gasteiger partial charge in [0.05, 0.1) is 6.10 Å². The van der Waals surface area contributed by atoms with Crippen molar-refractivity contribution in [2.24, 2.45) is 13.0 Å². The standard InChI is InChI=1S/C17H26N2O2/c1-12-9-10-15(18(12)2)17(21)19-11-5-7-14(19)13-6-3-4-8-16(13)20/h9-10,13-14,16,20H,3-8,11H2,1-2H3. The maximum atomic E-state index is 12.9. The Morgan fingerprint density at radius 2 is 1.95 bits per heavy atom. The SMILES string of the molecule is Cc1ccc(C(=O)N2CCCC2C2CCCCC2O)n1C. The van der Waals surface area contributed by atoms with Crippen LogP contribution in [0.25, 0.3) is 0 Å². The Morgan fingerprint density at radius 3 is 2.62 bits per heavy atom. The molecule has 4 nitrogen and oxygen atoms in total. The summed E-state index contributed by atoms with van der Waals surface area (Å²) >= 11 is 0. The molecule has 0 aromatic carbocycles. The smallest absolute Gasteiger partial charge is 0.270 e. The molecular weight excluding hydrogens is 264 g/mol. The first-order valence-electron chi connectivity index (χ1n) is 8.21. The van der Waals surface area contributed by atoms with Crippen LogP contribution in [0.1, 0.15) is 54.7 Å². The van der Waals surface area contributed by atoms with Crippen LogP contribution in [0.2, 0.25) is 0 Å². The first-order valence-corrected chi connectivity index (χ1v) is 8.21. The Hall–Kier alpha value is -1.29. The minimum atomic E-state index is -0.229. The van der Waals surface area contributed by atoms with Gasteiger partial charge in [0, 0.05) is 31.2 Å². The molecule has 1 aromatic rings. The number of carbonyl (C=O) groups excluding carboxylic acids is 1. The number of aromatic nitrogens is 1. The van der Waals surface area contributed by atoms with E-state index in [4.69, 9.17) is 0 Å². The van der Waals surface area contributed by atoms with E-state index in [-0.39, 0.29) is 24.0 Å². The van der Waals surface area contributed by atoms with Gasteiger partial charge in [-0.05, 0) is 44.7 Å². The van der Waals surface area contributed by atoms with Gasteiger partial charge in [0.2, 0.25) is 0 Å². The average Bonchev–Trinajstić information content (AvgIpc) is 3.07. The van der Waals surface area contributed by atoms with Crippen LogP contribution < -0.4 is 0 Å². The van der Waals surface area contributed by atoms with E-state index in [9.17, 15) is 9.90 Å². The van der Waals surface area contributed by atoms with Crippen LogP contribution in [-0.4, -0.2) is 39.2 Å². The third kappa shape index (κ3) is 2.61. The number of aliphatic hydroxyl groups excluding tert-OH is 1. The number of likely N-dealkylation sites (tertiary alicyclic amines) is 1. The van der Waals surface area contributed by atoms with E-state index in [0.717, 1.165) is 50.0 Å². The molecule has 1 aliphatic carbocycles. The van der Waals surface area contributed by atoms with E-state index < -0.39 is 0 Å². The van der Waals surface area contributed by atoms with Crippen LogP contribution in [-0.2, 0) is 7.05 Å². The van der Waals surface area contributed by atoms with Crippen LogP contribution in [0.3, 0.4) is 0 Å². The Balaban J connectivity index is 1.80. The zero-order chi connectivity index (χ0) is 15.0. The molecule has 1 amide bonds. The number of rotatable bonds is 2. The van der Waals surface area contributed by atoms with Crippen LogP contribution in [0, 0.1) is 12.8 Å². The fraction of sp³-hybridized carbons (Fsp3) is 0.706. The first kappa shape index (κ1) is 14.6. The molecule has 2 aliphatic rings. The molecule has 0 bridgehead atoms. The summed E-state index contributed by atoms with van der Waals surface area (Å²) in [7, 11) is 1.95. The molecule has 3 atom stereocenters. The number of aryl methyl sites for hydroxylation is 1. The number of amides is 1. The molecule has 1 saturated heterocycles. The van der Waals surface area contributed by atoms with E-state index in [1.807, 2.05) is 35.6 Å². The van der Waals surface area contributed by atoms with Gasteiger partial charge in [0.1, 0.15) is 5.69 Å². The molecule has 4 heteroatoms. The number of carbonyl (C=O) groups is 1. The van der Waals surface area contributed by atoms with Gasteiger partial charge in [0.15, 0.2) is 0 Å². The first-order chi connectivity index (χ1) is 10.1. The lowest BCUT2D eigenvalue weighted by Crippen LogP contribution is -2.45. The summed E-state index contributed by atoms with van der Waals surface area (Å²) in [6.07, 6.45) is 6.12. The van der Waals surface area contributed by atoms with Gasteiger partial charge in [-0.2, -0.15) is 0 Å². The molecule has 0 radical (unpaired) electrons. The summed E-state index contributed by atoms with van der Waals surface area (Å²) in [4.78, 5) is 14.9. The molecule has 1 saturated carbocycles. The Kier molecular flexibility index (Phi) is 4.07. The minimum Gasteiger partial charge on any atom is -0.393 e. The minimum absolute atomic E-state index is 0.130. The predicted octanol–water partition coefficient (Wildman–Crippen LogP) is 2.49. The molecule has 2 heterocycles. The second kappa shape index (κ2) is 5.84. The van der Waals surface area contributed by atoms with E-state index in [0.29, 0.717) is 0 Å². The highest BCUT2D eigenvalue weighted by Gasteiger charge is 2.39. The fourth-order valence-electron chi connectivity index (χ4n) is 4.05. The molecule has 3 rings (SSSR count). The van der Waals surface area contributed by atoms with Gasteiger partial charge in [-0.3, -0.25) is 4.79 Å². The van der Waals surface area contributed by atoms with Crippen LogP contribution in [0.4, 0.5) is 0 Å². The van der Waals surface area contributed by atoms with Crippen molar-refractivity contribution in [2.45, 2.75) is 57.6 Å².